The quantitative estimate of drug-likeness (QED) is 0.345. The molecule has 1 aliphatic rings. The second-order valence-electron chi connectivity index (χ2n) is 8.15. The zero-order valence-electron chi connectivity index (χ0n) is 18.8. The fourth-order valence-electron chi connectivity index (χ4n) is 4.01. The van der Waals surface area contributed by atoms with Crippen LogP contribution in [0.3, 0.4) is 0 Å². The Kier molecular flexibility index (Phi) is 5.75. The number of para-hydroxylation sites is 1. The number of ketones is 1. The second kappa shape index (κ2) is 8.91. The third-order valence-corrected chi connectivity index (χ3v) is 5.59. The smallest absolute Gasteiger partial charge is 0.406 e. The van der Waals surface area contributed by atoms with Crippen LogP contribution in [0.2, 0.25) is 0 Å². The van der Waals surface area contributed by atoms with Crippen LogP contribution in [0.1, 0.15) is 39.4 Å². The highest BCUT2D eigenvalue weighted by atomic mass is 19.4. The van der Waals surface area contributed by atoms with Crippen molar-refractivity contribution in [2.24, 2.45) is 4.99 Å². The number of benzene rings is 2. The van der Waals surface area contributed by atoms with Gasteiger partial charge in [0.2, 0.25) is 5.95 Å². The molecule has 1 amide bonds. The minimum absolute atomic E-state index is 0.0207. The average molecular weight is 493 g/mol. The van der Waals surface area contributed by atoms with Crippen LogP contribution in [-0.2, 0) is 0 Å². The van der Waals surface area contributed by atoms with Gasteiger partial charge in [0.15, 0.2) is 5.78 Å². The Morgan fingerprint density at radius 2 is 1.97 bits per heavy atom. The summed E-state index contributed by atoms with van der Waals surface area (Å²) in [5.41, 5.74) is 2.56. The number of anilines is 1. The number of aromatic nitrogens is 3. The lowest BCUT2D eigenvalue weighted by atomic mass is 10.0. The molecular formula is C25H18F3N5O3. The van der Waals surface area contributed by atoms with E-state index in [1.54, 1.807) is 31.3 Å². The van der Waals surface area contributed by atoms with Crippen molar-refractivity contribution in [1.82, 2.24) is 15.0 Å². The van der Waals surface area contributed by atoms with E-state index >= 15 is 0 Å². The largest absolute Gasteiger partial charge is 0.573 e. The number of carbonyl (C=O) groups excluding carboxylic acids is 2. The van der Waals surface area contributed by atoms with Gasteiger partial charge in [0.1, 0.15) is 17.0 Å². The zero-order chi connectivity index (χ0) is 25.4. The number of ether oxygens (including phenoxy) is 1. The van der Waals surface area contributed by atoms with E-state index in [1.807, 2.05) is 6.08 Å². The number of allylic oxidation sites excluding steroid dienone is 1. The predicted octanol–water partition coefficient (Wildman–Crippen LogP) is 5.50. The van der Waals surface area contributed by atoms with E-state index in [2.05, 4.69) is 30.0 Å². The van der Waals surface area contributed by atoms with Crippen molar-refractivity contribution >= 4 is 45.2 Å². The van der Waals surface area contributed by atoms with Crippen LogP contribution in [0.4, 0.5) is 19.1 Å². The van der Waals surface area contributed by atoms with Gasteiger partial charge in [-0.3, -0.25) is 19.9 Å². The molecule has 5 rings (SSSR count). The molecule has 0 aliphatic carbocycles. The Morgan fingerprint density at radius 3 is 2.72 bits per heavy atom. The molecule has 0 radical (unpaired) electrons. The van der Waals surface area contributed by atoms with E-state index < -0.39 is 18.0 Å². The number of Topliss-reactive ketones (excluding diaryl/α,β-unsaturated/α-hetero) is 1. The molecule has 4 aromatic rings. The number of halogens is 3. The summed E-state index contributed by atoms with van der Waals surface area (Å²) in [6.07, 6.45) is -0.498. The monoisotopic (exact) mass is 493 g/mol. The van der Waals surface area contributed by atoms with Crippen LogP contribution >= 0.6 is 0 Å². The maximum Gasteiger partial charge on any atom is 0.573 e. The molecule has 1 aliphatic heterocycles. The average Bonchev–Trinajstić information content (AvgIpc) is 3.46. The van der Waals surface area contributed by atoms with E-state index in [4.69, 9.17) is 0 Å². The van der Waals surface area contributed by atoms with E-state index in [0.717, 1.165) is 5.71 Å². The lowest BCUT2D eigenvalue weighted by Crippen LogP contribution is -2.17. The van der Waals surface area contributed by atoms with Gasteiger partial charge >= 0.3 is 6.36 Å². The first-order chi connectivity index (χ1) is 17.2. The van der Waals surface area contributed by atoms with Crippen LogP contribution in [0, 0.1) is 6.92 Å². The third kappa shape index (κ3) is 4.81. The number of rotatable bonds is 6. The summed E-state index contributed by atoms with van der Waals surface area (Å²) in [6.45, 7) is 1.65. The lowest BCUT2D eigenvalue weighted by molar-refractivity contribution is -0.274. The van der Waals surface area contributed by atoms with Crippen LogP contribution in [0.25, 0.3) is 21.8 Å². The number of H-pyrrole nitrogens is 1. The summed E-state index contributed by atoms with van der Waals surface area (Å²) >= 11 is 0. The molecule has 182 valence electrons. The van der Waals surface area contributed by atoms with Gasteiger partial charge < -0.3 is 9.72 Å². The summed E-state index contributed by atoms with van der Waals surface area (Å²) in [4.78, 5) is 41.5. The van der Waals surface area contributed by atoms with Crippen molar-refractivity contribution in [3.05, 3.63) is 71.7 Å². The molecule has 0 unspecified atom stereocenters. The highest BCUT2D eigenvalue weighted by Crippen LogP contribution is 2.28. The molecule has 2 aromatic carbocycles. The molecule has 0 saturated carbocycles. The van der Waals surface area contributed by atoms with Gasteiger partial charge in [0.05, 0.1) is 5.52 Å². The first-order valence-corrected chi connectivity index (χ1v) is 10.9. The highest BCUT2D eigenvalue weighted by molar-refractivity contribution is 6.15. The minimum atomic E-state index is -4.83. The molecule has 2 N–H and O–H groups in total. The van der Waals surface area contributed by atoms with Crippen molar-refractivity contribution in [3.8, 4) is 5.75 Å². The number of carbonyl (C=O) groups is 2. The minimum Gasteiger partial charge on any atom is -0.406 e. The van der Waals surface area contributed by atoms with Crippen LogP contribution < -0.4 is 10.1 Å². The van der Waals surface area contributed by atoms with Crippen molar-refractivity contribution in [1.29, 1.82) is 0 Å². The highest BCUT2D eigenvalue weighted by Gasteiger charge is 2.31. The topological polar surface area (TPSA) is 109 Å². The Morgan fingerprint density at radius 1 is 1.14 bits per heavy atom. The second-order valence-corrected chi connectivity index (χ2v) is 8.15. The Bertz CT molecular complexity index is 1590. The molecule has 3 heterocycles. The third-order valence-electron chi connectivity index (χ3n) is 5.59. The Balaban J connectivity index is 1.40. The number of aromatic amines is 1. The normalized spacial score (nSPS) is 13.3. The molecule has 8 nitrogen and oxygen atoms in total. The number of hydrogen-bond donors (Lipinski definition) is 2. The van der Waals surface area contributed by atoms with Gasteiger partial charge in [-0.2, -0.15) is 0 Å². The predicted molar refractivity (Wildman–Crippen MR) is 127 cm³/mol. The number of imidazole rings is 1. The van der Waals surface area contributed by atoms with E-state index in [1.165, 1.54) is 24.3 Å². The first kappa shape index (κ1) is 23.2. The summed E-state index contributed by atoms with van der Waals surface area (Å²) in [6, 6.07) is 10.3. The van der Waals surface area contributed by atoms with Crippen molar-refractivity contribution in [3.63, 3.8) is 0 Å². The van der Waals surface area contributed by atoms with Gasteiger partial charge in [0.25, 0.3) is 5.91 Å². The molecule has 0 bridgehead atoms. The van der Waals surface area contributed by atoms with E-state index in [9.17, 15) is 22.8 Å². The van der Waals surface area contributed by atoms with Gasteiger partial charge in [0, 0.05) is 41.4 Å². The van der Waals surface area contributed by atoms with E-state index in [0.29, 0.717) is 39.5 Å². The van der Waals surface area contributed by atoms with Crippen LogP contribution in [0.15, 0.2) is 59.7 Å². The first-order valence-electron chi connectivity index (χ1n) is 10.9. The number of alkyl halides is 3. The van der Waals surface area contributed by atoms with Gasteiger partial charge in [-0.1, -0.05) is 12.1 Å². The Labute approximate surface area is 201 Å². The molecule has 0 saturated heterocycles. The number of hydrogen-bond acceptors (Lipinski definition) is 6. The number of aryl methyl sites for hydroxylation is 1. The van der Waals surface area contributed by atoms with Crippen molar-refractivity contribution < 1.29 is 27.5 Å². The number of fused-ring (bicyclic) bond motifs is 2. The van der Waals surface area contributed by atoms with Crippen LogP contribution in [0.5, 0.6) is 5.75 Å². The van der Waals surface area contributed by atoms with Crippen LogP contribution in [-0.4, -0.2) is 38.7 Å². The fraction of sp³-hybridized carbons (Fsp3) is 0.160. The molecule has 0 atom stereocenters. The molecular weight excluding hydrogens is 475 g/mol. The van der Waals surface area contributed by atoms with Gasteiger partial charge in [-0.25, -0.2) is 9.97 Å². The Hall–Kier alpha value is -4.54. The molecule has 11 heteroatoms. The van der Waals surface area contributed by atoms with Gasteiger partial charge in [-0.05, 0) is 48.7 Å². The lowest BCUT2D eigenvalue weighted by Gasteiger charge is -2.11. The summed E-state index contributed by atoms with van der Waals surface area (Å²) in [5, 5.41) is 3.54. The number of pyridine rings is 1. The number of nitrogens with one attached hydrogen (secondary N) is 2. The summed E-state index contributed by atoms with van der Waals surface area (Å²) < 4.78 is 41.8. The number of amides is 1. The maximum atomic E-state index is 12.9. The van der Waals surface area contributed by atoms with Crippen molar-refractivity contribution in [2.45, 2.75) is 26.1 Å². The molecule has 0 spiro atoms. The zero-order valence-corrected chi connectivity index (χ0v) is 18.8. The van der Waals surface area contributed by atoms with E-state index in [-0.39, 0.29) is 23.8 Å². The summed E-state index contributed by atoms with van der Waals surface area (Å²) in [5.74, 6) is -1.07. The van der Waals surface area contributed by atoms with Gasteiger partial charge in [-0.15, -0.1) is 13.2 Å². The molecule has 36 heavy (non-hydrogen) atoms. The standard InChI is InChI=1S/C25H18F3N5O3/c1-13-17-8-7-16(36-25(26,27)28)10-14(17)11-20(30-13)23(35)33-24-31-19-6-2-5-18(22(19)32-24)21(34)12-15-4-3-9-29-15/h2-3,5-11H,4,12H2,1H3,(H2,31,32,33,35). The van der Waals surface area contributed by atoms with Crippen molar-refractivity contribution in [2.75, 3.05) is 5.32 Å². The number of nitrogens with zero attached hydrogens (tertiary/aromatic N) is 3. The maximum absolute atomic E-state index is 12.9. The molecule has 0 fully saturated rings. The SMILES string of the molecule is Cc1nc(C(=O)Nc2nc3c(C(=O)CC4=NC=CC4)cccc3[nH]2)cc2cc(OC(F)(F)F)ccc12. The summed E-state index contributed by atoms with van der Waals surface area (Å²) in [7, 11) is 0. The fourth-order valence-corrected chi connectivity index (χ4v) is 4.01. The number of aliphatic imine (C=N–C) groups is 1. The molecule has 2 aromatic heterocycles.